The Hall–Kier alpha value is -4.89. The Kier molecular flexibility index (Phi) is 10.7. The van der Waals surface area contributed by atoms with Gasteiger partial charge >= 0.3 is 0 Å². The molecule has 2 atom stereocenters. The summed E-state index contributed by atoms with van der Waals surface area (Å²) in [7, 11) is -4.31. The van der Waals surface area contributed by atoms with E-state index in [4.69, 9.17) is 0 Å². The molecule has 5 rings (SSSR count). The lowest BCUT2D eigenvalue weighted by Gasteiger charge is -2.36. The summed E-state index contributed by atoms with van der Waals surface area (Å²) in [5, 5.41) is 11.8. The first-order valence-corrected chi connectivity index (χ1v) is 16.2. The fraction of sp³-hybridized carbons (Fsp3) is 0.135. The van der Waals surface area contributed by atoms with Crippen LogP contribution in [0.3, 0.4) is 0 Å². The summed E-state index contributed by atoms with van der Waals surface area (Å²) in [5.41, 5.74) is 3.59. The Labute approximate surface area is 264 Å². The second-order valence-electron chi connectivity index (χ2n) is 10.8. The number of hydrogen-bond acceptors (Lipinski definition) is 5. The Morgan fingerprint density at radius 1 is 0.667 bits per heavy atom. The third kappa shape index (κ3) is 8.83. The number of nitrogens with zero attached hydrogens (tertiary/aromatic N) is 2. The molecule has 0 aliphatic carbocycles. The molecule has 5 aromatic rings. The number of para-hydroxylation sites is 1. The van der Waals surface area contributed by atoms with Crippen LogP contribution in [0, 0.1) is 10.1 Å². The lowest BCUT2D eigenvalue weighted by Crippen LogP contribution is -2.51. The van der Waals surface area contributed by atoms with Crippen LogP contribution in [0.15, 0.2) is 157 Å². The van der Waals surface area contributed by atoms with Crippen molar-refractivity contribution < 1.29 is 13.3 Å². The van der Waals surface area contributed by atoms with Gasteiger partial charge in [-0.05, 0) is 34.7 Å². The molecule has 0 saturated carbocycles. The molecule has 228 valence electrons. The van der Waals surface area contributed by atoms with Crippen molar-refractivity contribution in [2.45, 2.75) is 36.5 Å². The third-order valence-corrected chi connectivity index (χ3v) is 9.07. The summed E-state index contributed by atoms with van der Waals surface area (Å²) in [4.78, 5) is 13.1. The topological polar surface area (TPSA) is 92.5 Å². The monoisotopic (exact) mass is 617 g/mol. The van der Waals surface area contributed by atoms with Crippen LogP contribution in [0.25, 0.3) is 6.08 Å². The highest BCUT2D eigenvalue weighted by atomic mass is 32.2. The van der Waals surface area contributed by atoms with Crippen molar-refractivity contribution in [3.8, 4) is 0 Å². The second kappa shape index (κ2) is 15.2. The molecule has 0 aliphatic heterocycles. The van der Waals surface area contributed by atoms with Crippen LogP contribution in [0.2, 0.25) is 0 Å². The molecular weight excluding hydrogens is 582 g/mol. The van der Waals surface area contributed by atoms with E-state index in [1.807, 2.05) is 109 Å². The molecule has 0 aromatic heterocycles. The van der Waals surface area contributed by atoms with Crippen molar-refractivity contribution in [3.63, 3.8) is 0 Å². The first-order valence-electron chi connectivity index (χ1n) is 14.7. The van der Waals surface area contributed by atoms with E-state index >= 15 is 0 Å². The van der Waals surface area contributed by atoms with Crippen molar-refractivity contribution in [1.82, 2.24) is 9.62 Å². The lowest BCUT2D eigenvalue weighted by atomic mass is 9.96. The minimum Gasteiger partial charge on any atom is -0.287 e. The van der Waals surface area contributed by atoms with E-state index in [2.05, 4.69) is 33.9 Å². The van der Waals surface area contributed by atoms with Crippen molar-refractivity contribution >= 4 is 21.8 Å². The number of nitrogens with one attached hydrogen (secondary N) is 1. The molecule has 7 nitrogen and oxygen atoms in total. The summed E-state index contributed by atoms with van der Waals surface area (Å²) in [6.07, 6.45) is 4.40. The summed E-state index contributed by atoms with van der Waals surface area (Å²) in [5.74, 6) is 0. The molecule has 0 unspecified atom stereocenters. The molecule has 0 bridgehead atoms. The molecule has 0 saturated heterocycles. The van der Waals surface area contributed by atoms with Crippen LogP contribution in [0.4, 0.5) is 5.69 Å². The molecule has 0 amide bonds. The molecule has 0 aliphatic rings. The Morgan fingerprint density at radius 3 is 1.67 bits per heavy atom. The average Bonchev–Trinajstić information content (AvgIpc) is 3.06. The van der Waals surface area contributed by atoms with Crippen molar-refractivity contribution in [1.29, 1.82) is 0 Å². The fourth-order valence-corrected chi connectivity index (χ4v) is 6.81. The molecule has 0 heterocycles. The van der Waals surface area contributed by atoms with Crippen LogP contribution in [0.1, 0.15) is 22.3 Å². The van der Waals surface area contributed by atoms with Crippen molar-refractivity contribution in [2.24, 2.45) is 0 Å². The Balaban J connectivity index is 1.63. The van der Waals surface area contributed by atoms with Gasteiger partial charge in [-0.2, -0.15) is 0 Å². The molecule has 1 N–H and O–H groups in total. The number of rotatable bonds is 14. The zero-order valence-corrected chi connectivity index (χ0v) is 25.5. The van der Waals surface area contributed by atoms with Crippen LogP contribution in [-0.4, -0.2) is 30.3 Å². The van der Waals surface area contributed by atoms with Gasteiger partial charge in [0, 0.05) is 31.2 Å². The molecular formula is C37H35N3O4S. The SMILES string of the molecule is O=[N+]([O-])c1ccccc1S(=O)(=O)N[C@@H](Cc1ccccc1)[C@@H](/C=C/c1ccccc1)N(Cc1ccccc1)Cc1ccccc1. The predicted octanol–water partition coefficient (Wildman–Crippen LogP) is 7.27. The van der Waals surface area contributed by atoms with Crippen LogP contribution < -0.4 is 4.72 Å². The highest BCUT2D eigenvalue weighted by Gasteiger charge is 2.33. The van der Waals surface area contributed by atoms with Gasteiger partial charge in [-0.15, -0.1) is 0 Å². The Bertz CT molecular complexity index is 1760. The predicted molar refractivity (Wildman–Crippen MR) is 179 cm³/mol. The molecule has 0 spiro atoms. The van der Waals surface area contributed by atoms with Gasteiger partial charge in [0.15, 0.2) is 4.90 Å². The van der Waals surface area contributed by atoms with Gasteiger partial charge in [0.1, 0.15) is 0 Å². The molecule has 0 fully saturated rings. The van der Waals surface area contributed by atoms with E-state index in [0.717, 1.165) is 22.3 Å². The minimum absolute atomic E-state index is 0.352. The zero-order chi connectivity index (χ0) is 31.5. The highest BCUT2D eigenvalue weighted by Crippen LogP contribution is 2.26. The quantitative estimate of drug-likeness (QED) is 0.105. The van der Waals surface area contributed by atoms with E-state index in [1.165, 1.54) is 24.3 Å². The van der Waals surface area contributed by atoms with Gasteiger partial charge in [0.2, 0.25) is 10.0 Å². The second-order valence-corrected chi connectivity index (χ2v) is 12.5. The van der Waals surface area contributed by atoms with E-state index in [0.29, 0.717) is 19.5 Å². The number of nitro benzene ring substituents is 1. The fourth-order valence-electron chi connectivity index (χ4n) is 5.38. The van der Waals surface area contributed by atoms with Gasteiger partial charge < -0.3 is 0 Å². The average molecular weight is 618 g/mol. The van der Waals surface area contributed by atoms with Gasteiger partial charge in [-0.1, -0.05) is 146 Å². The number of hydrogen-bond donors (Lipinski definition) is 1. The van der Waals surface area contributed by atoms with Crippen molar-refractivity contribution in [3.05, 3.63) is 184 Å². The molecule has 5 aromatic carbocycles. The lowest BCUT2D eigenvalue weighted by molar-refractivity contribution is -0.387. The maximum absolute atomic E-state index is 14.0. The van der Waals surface area contributed by atoms with Crippen LogP contribution in [0.5, 0.6) is 0 Å². The molecule has 45 heavy (non-hydrogen) atoms. The zero-order valence-electron chi connectivity index (χ0n) is 24.7. The third-order valence-electron chi connectivity index (χ3n) is 7.53. The molecule has 0 radical (unpaired) electrons. The van der Waals surface area contributed by atoms with E-state index < -0.39 is 32.7 Å². The molecule has 8 heteroatoms. The van der Waals surface area contributed by atoms with Crippen LogP contribution in [-0.2, 0) is 29.5 Å². The maximum atomic E-state index is 14.0. The Morgan fingerprint density at radius 2 is 1.13 bits per heavy atom. The van der Waals surface area contributed by atoms with Gasteiger partial charge in [-0.3, -0.25) is 15.0 Å². The van der Waals surface area contributed by atoms with Gasteiger partial charge in [0.25, 0.3) is 5.69 Å². The largest absolute Gasteiger partial charge is 0.289 e. The summed E-state index contributed by atoms with van der Waals surface area (Å²) in [6.45, 7) is 1.08. The van der Waals surface area contributed by atoms with E-state index in [-0.39, 0.29) is 4.90 Å². The smallest absolute Gasteiger partial charge is 0.287 e. The number of nitro groups is 1. The maximum Gasteiger partial charge on any atom is 0.289 e. The first kappa shape index (κ1) is 31.5. The highest BCUT2D eigenvalue weighted by molar-refractivity contribution is 7.89. The first-order chi connectivity index (χ1) is 21.9. The minimum atomic E-state index is -4.31. The summed E-state index contributed by atoms with van der Waals surface area (Å²) in [6, 6.07) is 44.0. The van der Waals surface area contributed by atoms with Crippen molar-refractivity contribution in [2.75, 3.05) is 0 Å². The van der Waals surface area contributed by atoms with Gasteiger partial charge in [-0.25, -0.2) is 13.1 Å². The summed E-state index contributed by atoms with van der Waals surface area (Å²) < 4.78 is 31.0. The standard InChI is InChI=1S/C37H35N3O4S/c41-40(42)36-23-13-14-24-37(36)45(43,44)38-34(27-31-17-7-2-8-18-31)35(26-25-30-15-5-1-6-16-30)39(28-32-19-9-3-10-20-32)29-33-21-11-4-12-22-33/h1-26,34-35,38H,27-29H2/b26-25+/t34-,35+/m0/s1. The normalized spacial score (nSPS) is 13.1. The van der Waals surface area contributed by atoms with Gasteiger partial charge in [0.05, 0.1) is 4.92 Å². The van der Waals surface area contributed by atoms with E-state index in [9.17, 15) is 18.5 Å². The van der Waals surface area contributed by atoms with E-state index in [1.54, 1.807) is 0 Å². The van der Waals surface area contributed by atoms with Crippen LogP contribution >= 0.6 is 0 Å². The number of sulfonamides is 1. The summed E-state index contributed by atoms with van der Waals surface area (Å²) >= 11 is 0. The number of benzene rings is 5.